The molecular formula is C23H26F2N2O5. The number of methoxy groups -OCH3 is 1. The average molecular weight is 448 g/mol. The van der Waals surface area contributed by atoms with E-state index in [2.05, 4.69) is 10.1 Å². The fourth-order valence-electron chi connectivity index (χ4n) is 2.78. The maximum Gasteiger partial charge on any atom is 0.387 e. The third kappa shape index (κ3) is 7.57. The van der Waals surface area contributed by atoms with Crippen molar-refractivity contribution in [3.05, 3.63) is 54.1 Å². The lowest BCUT2D eigenvalue weighted by molar-refractivity contribution is -0.130. The molecule has 7 nitrogen and oxygen atoms in total. The number of nitrogens with one attached hydrogen (secondary N) is 1. The second-order valence-corrected chi connectivity index (χ2v) is 6.48. The van der Waals surface area contributed by atoms with Crippen LogP contribution in [0.2, 0.25) is 0 Å². The fraction of sp³-hybridized carbons (Fsp3) is 0.304. The first kappa shape index (κ1) is 24.6. The van der Waals surface area contributed by atoms with E-state index in [4.69, 9.17) is 9.47 Å². The largest absolute Gasteiger partial charge is 0.497 e. The van der Waals surface area contributed by atoms with Gasteiger partial charge in [-0.25, -0.2) is 0 Å². The molecule has 0 saturated heterocycles. The van der Waals surface area contributed by atoms with Gasteiger partial charge in [0.15, 0.2) is 11.5 Å². The molecule has 0 aliphatic heterocycles. The zero-order valence-electron chi connectivity index (χ0n) is 18.1. The van der Waals surface area contributed by atoms with Crippen molar-refractivity contribution in [2.75, 3.05) is 32.1 Å². The van der Waals surface area contributed by atoms with Gasteiger partial charge in [0.1, 0.15) is 12.3 Å². The van der Waals surface area contributed by atoms with Crippen LogP contribution >= 0.6 is 0 Å². The van der Waals surface area contributed by atoms with Crippen LogP contribution in [0.25, 0.3) is 6.08 Å². The third-order valence-corrected chi connectivity index (χ3v) is 4.28. The highest BCUT2D eigenvalue weighted by Crippen LogP contribution is 2.30. The molecule has 1 N–H and O–H groups in total. The first-order valence-corrected chi connectivity index (χ1v) is 9.98. The van der Waals surface area contributed by atoms with Crippen LogP contribution in [0.1, 0.15) is 19.4 Å². The van der Waals surface area contributed by atoms with Crippen LogP contribution in [0.3, 0.4) is 0 Å². The Kier molecular flexibility index (Phi) is 9.46. The molecule has 2 rings (SSSR count). The number of amides is 2. The normalized spacial score (nSPS) is 10.8. The van der Waals surface area contributed by atoms with Crippen LogP contribution in [-0.2, 0) is 9.59 Å². The van der Waals surface area contributed by atoms with E-state index in [0.29, 0.717) is 23.5 Å². The Morgan fingerprint density at radius 3 is 2.56 bits per heavy atom. The summed E-state index contributed by atoms with van der Waals surface area (Å²) in [7, 11) is 1.53. The van der Waals surface area contributed by atoms with Crippen molar-refractivity contribution < 1.29 is 32.6 Å². The highest BCUT2D eigenvalue weighted by molar-refractivity contribution is 5.98. The van der Waals surface area contributed by atoms with Crippen LogP contribution < -0.4 is 19.5 Å². The molecule has 2 aromatic carbocycles. The van der Waals surface area contributed by atoms with Crippen molar-refractivity contribution in [3.8, 4) is 17.2 Å². The second-order valence-electron chi connectivity index (χ2n) is 6.48. The number of likely N-dealkylation sites (N-methyl/N-ethyl adjacent to an activating group) is 1. The predicted molar refractivity (Wildman–Crippen MR) is 117 cm³/mol. The first-order chi connectivity index (χ1) is 15.4. The van der Waals surface area contributed by atoms with Crippen LogP contribution in [0, 0.1) is 0 Å². The Bertz CT molecular complexity index is 950. The molecule has 0 aliphatic rings. The van der Waals surface area contributed by atoms with E-state index in [1.807, 2.05) is 0 Å². The highest BCUT2D eigenvalue weighted by Gasteiger charge is 2.14. The van der Waals surface area contributed by atoms with Gasteiger partial charge in [0, 0.05) is 24.4 Å². The van der Waals surface area contributed by atoms with Crippen molar-refractivity contribution in [3.63, 3.8) is 0 Å². The fourth-order valence-corrected chi connectivity index (χ4v) is 2.78. The van der Waals surface area contributed by atoms with Crippen LogP contribution in [-0.4, -0.2) is 50.1 Å². The Morgan fingerprint density at radius 2 is 1.91 bits per heavy atom. The van der Waals surface area contributed by atoms with Gasteiger partial charge in [-0.05, 0) is 49.8 Å². The van der Waals surface area contributed by atoms with E-state index in [-0.39, 0.29) is 36.5 Å². The summed E-state index contributed by atoms with van der Waals surface area (Å²) in [5.74, 6) is -0.0687. The molecule has 0 unspecified atom stereocenters. The number of carbonyl (C=O) groups excluding carboxylic acids is 2. The van der Waals surface area contributed by atoms with E-state index < -0.39 is 6.61 Å². The van der Waals surface area contributed by atoms with Crippen molar-refractivity contribution in [1.29, 1.82) is 0 Å². The summed E-state index contributed by atoms with van der Waals surface area (Å²) in [6.45, 7) is 0.945. The monoisotopic (exact) mass is 448 g/mol. The van der Waals surface area contributed by atoms with Gasteiger partial charge >= 0.3 is 6.61 Å². The van der Waals surface area contributed by atoms with E-state index >= 15 is 0 Å². The Hall–Kier alpha value is -3.62. The number of benzene rings is 2. The van der Waals surface area contributed by atoms with Gasteiger partial charge < -0.3 is 24.4 Å². The molecule has 172 valence electrons. The number of hydrogen-bond donors (Lipinski definition) is 1. The summed E-state index contributed by atoms with van der Waals surface area (Å²) in [6.07, 6.45) is 2.82. The van der Waals surface area contributed by atoms with Crippen molar-refractivity contribution in [2.45, 2.75) is 20.5 Å². The highest BCUT2D eigenvalue weighted by atomic mass is 19.3. The summed E-state index contributed by atoms with van der Waals surface area (Å²) in [4.78, 5) is 26.2. The molecule has 32 heavy (non-hydrogen) atoms. The molecule has 2 amide bonds. The van der Waals surface area contributed by atoms with E-state index in [9.17, 15) is 18.4 Å². The molecule has 0 aliphatic carbocycles. The van der Waals surface area contributed by atoms with Gasteiger partial charge in [-0.1, -0.05) is 12.1 Å². The summed E-state index contributed by atoms with van der Waals surface area (Å²) < 4.78 is 39.9. The van der Waals surface area contributed by atoms with Crippen LogP contribution in [0.15, 0.2) is 48.5 Å². The lowest BCUT2D eigenvalue weighted by Crippen LogP contribution is -2.36. The van der Waals surface area contributed by atoms with Crippen LogP contribution in [0.4, 0.5) is 14.5 Å². The van der Waals surface area contributed by atoms with Crippen molar-refractivity contribution >= 4 is 23.6 Å². The minimum Gasteiger partial charge on any atom is -0.497 e. The van der Waals surface area contributed by atoms with Gasteiger partial charge in [-0.3, -0.25) is 9.59 Å². The van der Waals surface area contributed by atoms with Gasteiger partial charge in [-0.2, -0.15) is 8.78 Å². The van der Waals surface area contributed by atoms with Crippen molar-refractivity contribution in [2.24, 2.45) is 0 Å². The topological polar surface area (TPSA) is 77.1 Å². The zero-order valence-corrected chi connectivity index (χ0v) is 18.1. The molecule has 2 aromatic rings. The molecule has 0 bridgehead atoms. The summed E-state index contributed by atoms with van der Waals surface area (Å²) in [5, 5.41) is 2.72. The number of hydrogen-bond acceptors (Lipinski definition) is 5. The zero-order chi connectivity index (χ0) is 23.5. The number of carbonyl (C=O) groups is 2. The number of rotatable bonds is 11. The Labute approximate surface area is 185 Å². The third-order valence-electron chi connectivity index (χ3n) is 4.28. The SMILES string of the molecule is CCOc1cc(/C=C/C(=O)N(CC)CC(=O)Nc2cccc(OC)c2)ccc1OC(F)F. The van der Waals surface area contributed by atoms with E-state index in [1.165, 1.54) is 42.4 Å². The summed E-state index contributed by atoms with van der Waals surface area (Å²) >= 11 is 0. The molecular weight excluding hydrogens is 422 g/mol. The standard InChI is InChI=1S/C23H26F2N2O5/c1-4-27(15-21(28)26-17-7-6-8-18(14-17)30-3)22(29)12-10-16-9-11-19(32-23(24)25)20(13-16)31-5-2/h6-14,23H,4-5,15H2,1-3H3,(H,26,28)/b12-10+. The number of nitrogens with zero attached hydrogens (tertiary/aromatic N) is 1. The number of alkyl halides is 2. The van der Waals surface area contributed by atoms with Gasteiger partial charge in [0.25, 0.3) is 0 Å². The quantitative estimate of drug-likeness (QED) is 0.522. The van der Waals surface area contributed by atoms with Crippen LogP contribution in [0.5, 0.6) is 17.2 Å². The number of halogens is 2. The minimum absolute atomic E-state index is 0.0882. The molecule has 9 heteroatoms. The van der Waals surface area contributed by atoms with Gasteiger partial charge in [-0.15, -0.1) is 0 Å². The second kappa shape index (κ2) is 12.3. The maximum atomic E-state index is 12.5. The minimum atomic E-state index is -2.97. The van der Waals surface area contributed by atoms with Crippen molar-refractivity contribution in [1.82, 2.24) is 4.90 Å². The summed E-state index contributed by atoms with van der Waals surface area (Å²) in [6, 6.07) is 11.3. The molecule has 0 fully saturated rings. The lowest BCUT2D eigenvalue weighted by Gasteiger charge is -2.18. The lowest BCUT2D eigenvalue weighted by atomic mass is 10.2. The first-order valence-electron chi connectivity index (χ1n) is 9.98. The number of anilines is 1. The smallest absolute Gasteiger partial charge is 0.387 e. The van der Waals surface area contributed by atoms with Gasteiger partial charge in [0.05, 0.1) is 13.7 Å². The molecule has 0 saturated carbocycles. The van der Waals surface area contributed by atoms with E-state index in [1.54, 1.807) is 38.1 Å². The molecule has 0 heterocycles. The van der Waals surface area contributed by atoms with Gasteiger partial charge in [0.2, 0.25) is 11.8 Å². The Morgan fingerprint density at radius 1 is 1.12 bits per heavy atom. The Balaban J connectivity index is 2.03. The molecule has 0 atom stereocenters. The maximum absolute atomic E-state index is 12.5. The molecule has 0 radical (unpaired) electrons. The molecule has 0 aromatic heterocycles. The molecule has 0 spiro atoms. The predicted octanol–water partition coefficient (Wildman–Crippen LogP) is 4.20. The number of ether oxygens (including phenoxy) is 3. The average Bonchev–Trinajstić information content (AvgIpc) is 2.77. The summed E-state index contributed by atoms with van der Waals surface area (Å²) in [5.41, 5.74) is 1.11. The van der Waals surface area contributed by atoms with E-state index in [0.717, 1.165) is 0 Å².